The van der Waals surface area contributed by atoms with E-state index in [0.717, 1.165) is 16.7 Å². The summed E-state index contributed by atoms with van der Waals surface area (Å²) < 4.78 is 5.74. The number of carbonyl (C=O) groups excluding carboxylic acids is 1. The van der Waals surface area contributed by atoms with Crippen molar-refractivity contribution in [3.8, 4) is 11.5 Å². The predicted octanol–water partition coefficient (Wildman–Crippen LogP) is 4.18. The minimum atomic E-state index is -0.311. The summed E-state index contributed by atoms with van der Waals surface area (Å²) in [5.74, 6) is 0.498. The smallest absolute Gasteiger partial charge is 0.277 e. The fourth-order valence-electron chi connectivity index (χ4n) is 2.63. The van der Waals surface area contributed by atoms with Crippen molar-refractivity contribution in [2.24, 2.45) is 0 Å². The number of rotatable bonds is 6. The number of hydrogen-bond acceptors (Lipinski definition) is 5. The lowest BCUT2D eigenvalue weighted by molar-refractivity contribution is -0.129. The lowest BCUT2D eigenvalue weighted by Gasteiger charge is -2.20. The molecule has 2 aromatic carbocycles. The van der Waals surface area contributed by atoms with E-state index in [1.807, 2.05) is 68.4 Å². The topological polar surface area (TPSA) is 59.2 Å². The van der Waals surface area contributed by atoms with Crippen molar-refractivity contribution in [2.75, 3.05) is 7.05 Å². The number of thioether (sulfide) groups is 1. The number of carbonyl (C=O) groups is 1. The van der Waals surface area contributed by atoms with Gasteiger partial charge in [0.25, 0.3) is 5.22 Å². The standard InChI is InChI=1S/C20H21N3O2S/c1-14-9-7-8-12-17(14)18-21-22-20(25-18)26-15(2)19(24)23(3)13-16-10-5-4-6-11-16/h4-12,15H,13H2,1-3H3/t15-/m1/s1. The van der Waals surface area contributed by atoms with E-state index < -0.39 is 0 Å². The summed E-state index contributed by atoms with van der Waals surface area (Å²) in [5, 5.41) is 8.27. The van der Waals surface area contributed by atoms with E-state index in [2.05, 4.69) is 10.2 Å². The van der Waals surface area contributed by atoms with Gasteiger partial charge >= 0.3 is 0 Å². The van der Waals surface area contributed by atoms with E-state index >= 15 is 0 Å². The molecule has 1 heterocycles. The second-order valence-corrected chi connectivity index (χ2v) is 7.42. The van der Waals surface area contributed by atoms with Gasteiger partial charge in [0.05, 0.1) is 5.25 Å². The van der Waals surface area contributed by atoms with Crippen molar-refractivity contribution in [1.29, 1.82) is 0 Å². The first kappa shape index (κ1) is 18.2. The maximum atomic E-state index is 12.6. The van der Waals surface area contributed by atoms with Gasteiger partial charge in [-0.25, -0.2) is 0 Å². The summed E-state index contributed by atoms with van der Waals surface area (Å²) >= 11 is 1.28. The highest BCUT2D eigenvalue weighted by atomic mass is 32.2. The zero-order chi connectivity index (χ0) is 18.5. The van der Waals surface area contributed by atoms with Gasteiger partial charge in [-0.15, -0.1) is 10.2 Å². The molecular weight excluding hydrogens is 346 g/mol. The zero-order valence-electron chi connectivity index (χ0n) is 15.0. The summed E-state index contributed by atoms with van der Waals surface area (Å²) in [5.41, 5.74) is 3.08. The van der Waals surface area contributed by atoms with Crippen molar-refractivity contribution in [2.45, 2.75) is 30.9 Å². The molecule has 0 fully saturated rings. The Morgan fingerprint density at radius 1 is 1.12 bits per heavy atom. The summed E-state index contributed by atoms with van der Waals surface area (Å²) in [6.07, 6.45) is 0. The number of benzene rings is 2. The van der Waals surface area contributed by atoms with Gasteiger partial charge < -0.3 is 9.32 Å². The largest absolute Gasteiger partial charge is 0.411 e. The highest BCUT2D eigenvalue weighted by Gasteiger charge is 2.22. The van der Waals surface area contributed by atoms with Crippen LogP contribution in [0.1, 0.15) is 18.1 Å². The van der Waals surface area contributed by atoms with E-state index in [9.17, 15) is 4.79 Å². The third kappa shape index (κ3) is 4.32. The quantitative estimate of drug-likeness (QED) is 0.612. The molecule has 6 heteroatoms. The molecule has 0 radical (unpaired) electrons. The molecule has 0 aliphatic rings. The molecule has 5 nitrogen and oxygen atoms in total. The SMILES string of the molecule is Cc1ccccc1-c1nnc(S[C@H](C)C(=O)N(C)Cc2ccccc2)o1. The van der Waals surface area contributed by atoms with Crippen LogP contribution in [0.2, 0.25) is 0 Å². The third-order valence-electron chi connectivity index (χ3n) is 4.05. The van der Waals surface area contributed by atoms with E-state index in [1.165, 1.54) is 11.8 Å². The monoisotopic (exact) mass is 367 g/mol. The van der Waals surface area contributed by atoms with Crippen molar-refractivity contribution in [3.63, 3.8) is 0 Å². The van der Waals surface area contributed by atoms with Gasteiger partial charge in [-0.3, -0.25) is 4.79 Å². The Hall–Kier alpha value is -2.60. The molecule has 0 aliphatic heterocycles. The molecular formula is C20H21N3O2S. The summed E-state index contributed by atoms with van der Waals surface area (Å²) in [4.78, 5) is 14.3. The van der Waals surface area contributed by atoms with Crippen LogP contribution in [-0.2, 0) is 11.3 Å². The number of nitrogens with zero attached hydrogens (tertiary/aromatic N) is 3. The molecule has 0 N–H and O–H groups in total. The van der Waals surface area contributed by atoms with Crippen LogP contribution in [0.25, 0.3) is 11.5 Å². The summed E-state index contributed by atoms with van der Waals surface area (Å²) in [6.45, 7) is 4.42. The second kappa shape index (κ2) is 8.19. The van der Waals surface area contributed by atoms with Crippen molar-refractivity contribution >= 4 is 17.7 Å². The van der Waals surface area contributed by atoms with Gasteiger partial charge in [-0.2, -0.15) is 0 Å². The van der Waals surface area contributed by atoms with Crippen LogP contribution < -0.4 is 0 Å². The Morgan fingerprint density at radius 3 is 2.54 bits per heavy atom. The molecule has 0 spiro atoms. The molecule has 1 aromatic heterocycles. The Balaban J connectivity index is 1.63. The Labute approximate surface area is 157 Å². The van der Waals surface area contributed by atoms with Crippen LogP contribution in [0.5, 0.6) is 0 Å². The first-order chi connectivity index (χ1) is 12.5. The number of aromatic nitrogens is 2. The predicted molar refractivity (Wildman–Crippen MR) is 103 cm³/mol. The molecule has 0 unspecified atom stereocenters. The van der Waals surface area contributed by atoms with Crippen molar-refractivity contribution < 1.29 is 9.21 Å². The van der Waals surface area contributed by atoms with Gasteiger partial charge in [0.2, 0.25) is 11.8 Å². The highest BCUT2D eigenvalue weighted by Crippen LogP contribution is 2.28. The number of hydrogen-bond donors (Lipinski definition) is 0. The average Bonchev–Trinajstić information content (AvgIpc) is 3.10. The van der Waals surface area contributed by atoms with Gasteiger partial charge in [0.1, 0.15) is 0 Å². The molecule has 3 rings (SSSR count). The lowest BCUT2D eigenvalue weighted by atomic mass is 10.1. The molecule has 134 valence electrons. The molecule has 0 saturated heterocycles. The summed E-state index contributed by atoms with van der Waals surface area (Å²) in [7, 11) is 1.80. The first-order valence-electron chi connectivity index (χ1n) is 8.39. The maximum absolute atomic E-state index is 12.6. The van der Waals surface area contributed by atoms with Gasteiger partial charge in [-0.1, -0.05) is 60.3 Å². The van der Waals surface area contributed by atoms with Crippen molar-refractivity contribution in [3.05, 3.63) is 65.7 Å². The van der Waals surface area contributed by atoms with Gasteiger partial charge in [-0.05, 0) is 31.0 Å². The summed E-state index contributed by atoms with van der Waals surface area (Å²) in [6, 6.07) is 17.8. The van der Waals surface area contributed by atoms with Crippen LogP contribution in [0.15, 0.2) is 64.2 Å². The fourth-order valence-corrected chi connectivity index (χ4v) is 3.42. The molecule has 0 saturated carbocycles. The number of amides is 1. The van der Waals surface area contributed by atoms with Crippen LogP contribution >= 0.6 is 11.8 Å². The molecule has 0 aliphatic carbocycles. The second-order valence-electron chi connectivity index (χ2n) is 6.13. The van der Waals surface area contributed by atoms with Crippen LogP contribution in [0.4, 0.5) is 0 Å². The Bertz CT molecular complexity index is 880. The first-order valence-corrected chi connectivity index (χ1v) is 9.27. The minimum absolute atomic E-state index is 0.0227. The molecule has 1 amide bonds. The minimum Gasteiger partial charge on any atom is -0.411 e. The van der Waals surface area contributed by atoms with E-state index in [-0.39, 0.29) is 11.2 Å². The van der Waals surface area contributed by atoms with E-state index in [0.29, 0.717) is 17.7 Å². The Kier molecular flexibility index (Phi) is 5.73. The van der Waals surface area contributed by atoms with E-state index in [1.54, 1.807) is 11.9 Å². The molecule has 26 heavy (non-hydrogen) atoms. The normalized spacial score (nSPS) is 12.0. The van der Waals surface area contributed by atoms with E-state index in [4.69, 9.17) is 4.42 Å². The average molecular weight is 367 g/mol. The van der Waals surface area contributed by atoms with Crippen LogP contribution in [0.3, 0.4) is 0 Å². The van der Waals surface area contributed by atoms with Crippen LogP contribution in [0, 0.1) is 6.92 Å². The third-order valence-corrected chi connectivity index (χ3v) is 4.97. The van der Waals surface area contributed by atoms with Gasteiger partial charge in [0, 0.05) is 19.2 Å². The molecule has 0 bridgehead atoms. The van der Waals surface area contributed by atoms with Crippen LogP contribution in [-0.4, -0.2) is 33.3 Å². The number of aryl methyl sites for hydroxylation is 1. The lowest BCUT2D eigenvalue weighted by Crippen LogP contribution is -2.32. The molecule has 1 atom stereocenters. The zero-order valence-corrected chi connectivity index (χ0v) is 15.9. The van der Waals surface area contributed by atoms with Gasteiger partial charge in [0.15, 0.2) is 0 Å². The van der Waals surface area contributed by atoms with Crippen molar-refractivity contribution in [1.82, 2.24) is 15.1 Å². The Morgan fingerprint density at radius 2 is 1.81 bits per heavy atom. The maximum Gasteiger partial charge on any atom is 0.277 e. The highest BCUT2D eigenvalue weighted by molar-refractivity contribution is 8.00. The fraction of sp³-hybridized carbons (Fsp3) is 0.250. The molecule has 3 aromatic rings.